The maximum Gasteiger partial charge on any atom is 0.259 e. The number of carbonyl (C=O) groups is 1. The summed E-state index contributed by atoms with van der Waals surface area (Å²) in [5.41, 5.74) is 7.22. The van der Waals surface area contributed by atoms with Gasteiger partial charge in [-0.1, -0.05) is 6.07 Å². The number of amides is 1. The van der Waals surface area contributed by atoms with Crippen LogP contribution in [0.4, 0.5) is 5.69 Å². The van der Waals surface area contributed by atoms with Gasteiger partial charge in [0.05, 0.1) is 0 Å². The average Bonchev–Trinajstić information content (AvgIpc) is 2.18. The molecule has 15 heavy (non-hydrogen) atoms. The zero-order chi connectivity index (χ0) is 11.4. The summed E-state index contributed by atoms with van der Waals surface area (Å²) >= 11 is 0. The molecule has 0 fully saturated rings. The fourth-order valence-corrected chi connectivity index (χ4v) is 1.04. The molecule has 0 aromatic heterocycles. The van der Waals surface area contributed by atoms with Crippen molar-refractivity contribution in [1.29, 1.82) is 0 Å². The van der Waals surface area contributed by atoms with Crippen LogP contribution in [0.25, 0.3) is 0 Å². The Labute approximate surface area is 89.6 Å². The van der Waals surface area contributed by atoms with E-state index in [0.717, 1.165) is 5.56 Å². The highest BCUT2D eigenvalue weighted by Crippen LogP contribution is 2.20. The van der Waals surface area contributed by atoms with E-state index in [-0.39, 0.29) is 12.5 Å². The first-order valence-electron chi connectivity index (χ1n) is 4.70. The van der Waals surface area contributed by atoms with Gasteiger partial charge in [-0.15, -0.1) is 0 Å². The highest BCUT2D eigenvalue weighted by atomic mass is 16.5. The van der Waals surface area contributed by atoms with Crippen LogP contribution in [0, 0.1) is 6.92 Å². The second-order valence-corrected chi connectivity index (χ2v) is 3.60. The molecule has 0 unspecified atom stereocenters. The van der Waals surface area contributed by atoms with Crippen molar-refractivity contribution in [3.63, 3.8) is 0 Å². The number of carbonyl (C=O) groups excluding carboxylic acids is 1. The van der Waals surface area contributed by atoms with Crippen LogP contribution >= 0.6 is 0 Å². The number of nitrogens with zero attached hydrogens (tertiary/aromatic N) is 1. The monoisotopic (exact) mass is 208 g/mol. The van der Waals surface area contributed by atoms with Crippen molar-refractivity contribution in [1.82, 2.24) is 4.90 Å². The number of rotatable bonds is 3. The van der Waals surface area contributed by atoms with Gasteiger partial charge >= 0.3 is 0 Å². The van der Waals surface area contributed by atoms with E-state index in [1.807, 2.05) is 13.0 Å². The predicted octanol–water partition coefficient (Wildman–Crippen LogP) is 1.04. The summed E-state index contributed by atoms with van der Waals surface area (Å²) in [6.07, 6.45) is 0. The van der Waals surface area contributed by atoms with Gasteiger partial charge in [0.1, 0.15) is 5.75 Å². The maximum atomic E-state index is 11.3. The molecule has 0 bridgehead atoms. The van der Waals surface area contributed by atoms with Gasteiger partial charge in [0.15, 0.2) is 6.61 Å². The third kappa shape index (κ3) is 3.16. The Hall–Kier alpha value is -1.71. The zero-order valence-corrected chi connectivity index (χ0v) is 9.28. The lowest BCUT2D eigenvalue weighted by atomic mass is 10.2. The summed E-state index contributed by atoms with van der Waals surface area (Å²) in [5, 5.41) is 0. The Balaban J connectivity index is 2.65. The zero-order valence-electron chi connectivity index (χ0n) is 9.28. The van der Waals surface area contributed by atoms with Crippen molar-refractivity contribution in [2.75, 3.05) is 26.4 Å². The topological polar surface area (TPSA) is 55.6 Å². The third-order valence-corrected chi connectivity index (χ3v) is 2.06. The van der Waals surface area contributed by atoms with Gasteiger partial charge in [0, 0.05) is 25.8 Å². The quantitative estimate of drug-likeness (QED) is 0.755. The first-order chi connectivity index (χ1) is 7.00. The van der Waals surface area contributed by atoms with Crippen molar-refractivity contribution in [2.45, 2.75) is 6.92 Å². The number of anilines is 1. The van der Waals surface area contributed by atoms with Gasteiger partial charge in [0.2, 0.25) is 0 Å². The van der Waals surface area contributed by atoms with Crippen molar-refractivity contribution < 1.29 is 9.53 Å². The van der Waals surface area contributed by atoms with Crippen molar-refractivity contribution in [3.05, 3.63) is 23.8 Å². The second-order valence-electron chi connectivity index (χ2n) is 3.60. The molecular formula is C11H16N2O2. The van der Waals surface area contributed by atoms with Crippen LogP contribution in [0.3, 0.4) is 0 Å². The predicted molar refractivity (Wildman–Crippen MR) is 59.8 cm³/mol. The molecule has 0 aliphatic rings. The molecule has 82 valence electrons. The number of hydrogen-bond acceptors (Lipinski definition) is 3. The van der Waals surface area contributed by atoms with Crippen LogP contribution in [0.5, 0.6) is 5.75 Å². The van der Waals surface area contributed by atoms with Crippen molar-refractivity contribution in [3.8, 4) is 5.75 Å². The molecule has 1 amide bonds. The SMILES string of the molecule is Cc1ccc(N)cc1OCC(=O)N(C)C. The Morgan fingerprint density at radius 3 is 2.73 bits per heavy atom. The van der Waals surface area contributed by atoms with E-state index >= 15 is 0 Å². The first-order valence-corrected chi connectivity index (χ1v) is 4.70. The lowest BCUT2D eigenvalue weighted by Gasteiger charge is -2.13. The minimum absolute atomic E-state index is 0.0390. The smallest absolute Gasteiger partial charge is 0.259 e. The highest BCUT2D eigenvalue weighted by molar-refractivity contribution is 5.77. The summed E-state index contributed by atoms with van der Waals surface area (Å²) in [7, 11) is 3.38. The third-order valence-electron chi connectivity index (χ3n) is 2.06. The first kappa shape index (κ1) is 11.4. The molecule has 1 aromatic carbocycles. The van der Waals surface area contributed by atoms with Crippen molar-refractivity contribution in [2.24, 2.45) is 0 Å². The van der Waals surface area contributed by atoms with Crippen LogP contribution < -0.4 is 10.5 Å². The fourth-order valence-electron chi connectivity index (χ4n) is 1.04. The van der Waals surface area contributed by atoms with Crippen LogP contribution in [-0.4, -0.2) is 31.5 Å². The Bertz CT molecular complexity index is 362. The molecule has 0 atom stereocenters. The van der Waals surface area contributed by atoms with Crippen molar-refractivity contribution >= 4 is 11.6 Å². The number of likely N-dealkylation sites (N-methyl/N-ethyl adjacent to an activating group) is 1. The van der Waals surface area contributed by atoms with E-state index in [9.17, 15) is 4.79 Å². The molecule has 0 saturated carbocycles. The molecule has 0 saturated heterocycles. The summed E-state index contributed by atoms with van der Waals surface area (Å²) in [5.74, 6) is 0.585. The standard InChI is InChI=1S/C11H16N2O2/c1-8-4-5-9(12)6-10(8)15-7-11(14)13(2)3/h4-6H,7,12H2,1-3H3. The summed E-state index contributed by atoms with van der Waals surface area (Å²) in [6.45, 7) is 1.95. The molecule has 0 heterocycles. The Morgan fingerprint density at radius 2 is 2.13 bits per heavy atom. The largest absolute Gasteiger partial charge is 0.483 e. The van der Waals surface area contributed by atoms with E-state index in [4.69, 9.17) is 10.5 Å². The Kier molecular flexibility index (Phi) is 3.55. The molecule has 0 aliphatic heterocycles. The average molecular weight is 208 g/mol. The summed E-state index contributed by atoms with van der Waals surface area (Å²) < 4.78 is 5.37. The molecular weight excluding hydrogens is 192 g/mol. The van der Waals surface area contributed by atoms with Crippen LogP contribution in [0.15, 0.2) is 18.2 Å². The molecule has 1 rings (SSSR count). The van der Waals surface area contributed by atoms with Crippen LogP contribution in [0.2, 0.25) is 0 Å². The number of benzene rings is 1. The highest BCUT2D eigenvalue weighted by Gasteiger charge is 2.06. The fraction of sp³-hybridized carbons (Fsp3) is 0.364. The molecule has 4 heteroatoms. The number of aryl methyl sites for hydroxylation is 1. The molecule has 2 N–H and O–H groups in total. The molecule has 1 aromatic rings. The van der Waals surface area contributed by atoms with Gasteiger partial charge in [-0.05, 0) is 18.6 Å². The van der Waals surface area contributed by atoms with Gasteiger partial charge in [0.25, 0.3) is 5.91 Å². The molecule has 0 radical (unpaired) electrons. The summed E-state index contributed by atoms with van der Waals surface area (Å²) in [4.78, 5) is 12.8. The van der Waals surface area contributed by atoms with E-state index < -0.39 is 0 Å². The number of hydrogen-bond donors (Lipinski definition) is 1. The minimum Gasteiger partial charge on any atom is -0.483 e. The van der Waals surface area contributed by atoms with E-state index in [1.54, 1.807) is 26.2 Å². The normalized spacial score (nSPS) is 9.80. The molecule has 0 spiro atoms. The van der Waals surface area contributed by atoms with Crippen LogP contribution in [-0.2, 0) is 4.79 Å². The molecule has 4 nitrogen and oxygen atoms in total. The van der Waals surface area contributed by atoms with Gasteiger partial charge in [-0.3, -0.25) is 4.79 Å². The number of ether oxygens (including phenoxy) is 1. The van der Waals surface area contributed by atoms with Crippen LogP contribution in [0.1, 0.15) is 5.56 Å². The van der Waals surface area contributed by atoms with E-state index in [0.29, 0.717) is 11.4 Å². The lowest BCUT2D eigenvalue weighted by molar-refractivity contribution is -0.130. The van der Waals surface area contributed by atoms with Gasteiger partial charge in [-0.2, -0.15) is 0 Å². The van der Waals surface area contributed by atoms with E-state index in [2.05, 4.69) is 0 Å². The van der Waals surface area contributed by atoms with E-state index in [1.165, 1.54) is 4.90 Å². The second kappa shape index (κ2) is 4.68. The number of nitrogen functional groups attached to an aromatic ring is 1. The maximum absolute atomic E-state index is 11.3. The number of nitrogens with two attached hydrogens (primary N) is 1. The molecule has 0 aliphatic carbocycles. The van der Waals surface area contributed by atoms with Gasteiger partial charge < -0.3 is 15.4 Å². The lowest BCUT2D eigenvalue weighted by Crippen LogP contribution is -2.27. The Morgan fingerprint density at radius 1 is 1.47 bits per heavy atom. The minimum atomic E-state index is -0.0724. The van der Waals surface area contributed by atoms with Gasteiger partial charge in [-0.25, -0.2) is 0 Å². The summed E-state index contributed by atoms with van der Waals surface area (Å²) in [6, 6.07) is 5.39.